The maximum Gasteiger partial charge on any atom is 0.132 e. The van der Waals surface area contributed by atoms with Crippen molar-refractivity contribution in [1.82, 2.24) is 19.3 Å². The molecule has 0 aromatic carbocycles. The van der Waals surface area contributed by atoms with Crippen LogP contribution >= 0.6 is 0 Å². The zero-order valence-corrected chi connectivity index (χ0v) is 10.9. The predicted octanol–water partition coefficient (Wildman–Crippen LogP) is 1.62. The Balaban J connectivity index is 2.56. The molecule has 0 aliphatic rings. The van der Waals surface area contributed by atoms with Crippen LogP contribution in [-0.4, -0.2) is 19.3 Å². The molecule has 0 saturated carbocycles. The minimum Gasteiger partial charge on any atom is -0.383 e. The van der Waals surface area contributed by atoms with E-state index in [9.17, 15) is 0 Å². The third kappa shape index (κ3) is 1.97. The minimum atomic E-state index is 0.270. The molecular formula is C13H17N5. The van der Waals surface area contributed by atoms with E-state index in [4.69, 9.17) is 12.2 Å². The van der Waals surface area contributed by atoms with Crippen molar-refractivity contribution in [2.24, 2.45) is 7.05 Å². The molecule has 0 spiro atoms. The SMILES string of the molecule is C#CCn1c(C(C)C)nc(-c2cnn(C)c2)c1N. The number of nitrogen functional groups attached to an aromatic ring is 1. The molecule has 5 heteroatoms. The molecule has 2 rings (SSSR count). The van der Waals surface area contributed by atoms with Gasteiger partial charge >= 0.3 is 0 Å². The smallest absolute Gasteiger partial charge is 0.132 e. The maximum atomic E-state index is 6.14. The van der Waals surface area contributed by atoms with Crippen LogP contribution in [0.15, 0.2) is 12.4 Å². The Morgan fingerprint density at radius 1 is 1.50 bits per heavy atom. The largest absolute Gasteiger partial charge is 0.383 e. The van der Waals surface area contributed by atoms with Crippen molar-refractivity contribution in [3.05, 3.63) is 18.2 Å². The van der Waals surface area contributed by atoms with Crippen molar-refractivity contribution in [2.45, 2.75) is 26.3 Å². The summed E-state index contributed by atoms with van der Waals surface area (Å²) in [5, 5.41) is 4.14. The van der Waals surface area contributed by atoms with Crippen molar-refractivity contribution in [3.63, 3.8) is 0 Å². The van der Waals surface area contributed by atoms with E-state index in [1.165, 1.54) is 0 Å². The van der Waals surface area contributed by atoms with Crippen molar-refractivity contribution < 1.29 is 0 Å². The molecule has 0 radical (unpaired) electrons. The van der Waals surface area contributed by atoms with Gasteiger partial charge in [-0.25, -0.2) is 4.98 Å². The lowest BCUT2D eigenvalue weighted by Crippen LogP contribution is -2.07. The van der Waals surface area contributed by atoms with E-state index in [0.717, 1.165) is 17.1 Å². The van der Waals surface area contributed by atoms with Gasteiger partial charge in [0, 0.05) is 24.7 Å². The molecule has 94 valence electrons. The van der Waals surface area contributed by atoms with Gasteiger partial charge in [0.15, 0.2) is 0 Å². The van der Waals surface area contributed by atoms with Gasteiger partial charge in [-0.15, -0.1) is 6.42 Å². The predicted molar refractivity (Wildman–Crippen MR) is 71.8 cm³/mol. The number of hydrogen-bond donors (Lipinski definition) is 1. The van der Waals surface area contributed by atoms with E-state index in [0.29, 0.717) is 12.4 Å². The van der Waals surface area contributed by atoms with Crippen LogP contribution in [0.5, 0.6) is 0 Å². The fourth-order valence-corrected chi connectivity index (χ4v) is 1.94. The number of imidazole rings is 1. The van der Waals surface area contributed by atoms with Crippen LogP contribution in [0.4, 0.5) is 5.82 Å². The summed E-state index contributed by atoms with van der Waals surface area (Å²) in [6.45, 7) is 4.58. The highest BCUT2D eigenvalue weighted by atomic mass is 15.2. The first kappa shape index (κ1) is 12.2. The van der Waals surface area contributed by atoms with Gasteiger partial charge in [0.2, 0.25) is 0 Å². The quantitative estimate of drug-likeness (QED) is 0.833. The molecule has 2 heterocycles. The molecule has 2 aromatic heterocycles. The van der Waals surface area contributed by atoms with Gasteiger partial charge in [-0.05, 0) is 0 Å². The molecule has 0 atom stereocenters. The topological polar surface area (TPSA) is 61.7 Å². The fourth-order valence-electron chi connectivity index (χ4n) is 1.94. The normalized spacial score (nSPS) is 10.8. The Bertz CT molecular complexity index is 597. The van der Waals surface area contributed by atoms with Gasteiger partial charge in [-0.1, -0.05) is 19.8 Å². The Labute approximate surface area is 107 Å². The van der Waals surface area contributed by atoms with E-state index >= 15 is 0 Å². The first-order chi connectivity index (χ1) is 8.54. The number of rotatable bonds is 3. The summed E-state index contributed by atoms with van der Waals surface area (Å²) in [7, 11) is 1.86. The Hall–Kier alpha value is -2.22. The number of nitrogens with two attached hydrogens (primary N) is 1. The lowest BCUT2D eigenvalue weighted by molar-refractivity contribution is 0.691. The highest BCUT2D eigenvalue weighted by Crippen LogP contribution is 2.28. The maximum absolute atomic E-state index is 6.14. The van der Waals surface area contributed by atoms with Crippen molar-refractivity contribution in [1.29, 1.82) is 0 Å². The minimum absolute atomic E-state index is 0.270. The molecule has 0 aliphatic carbocycles. The molecule has 2 N–H and O–H groups in total. The van der Waals surface area contributed by atoms with E-state index in [1.807, 2.05) is 17.8 Å². The van der Waals surface area contributed by atoms with Crippen molar-refractivity contribution >= 4 is 5.82 Å². The molecule has 0 amide bonds. The molecule has 0 unspecified atom stereocenters. The third-order valence-electron chi connectivity index (χ3n) is 2.78. The summed E-state index contributed by atoms with van der Waals surface area (Å²) in [6, 6.07) is 0. The van der Waals surface area contributed by atoms with E-state index < -0.39 is 0 Å². The second kappa shape index (κ2) is 4.57. The fraction of sp³-hybridized carbons (Fsp3) is 0.385. The van der Waals surface area contributed by atoms with Crippen LogP contribution in [0.2, 0.25) is 0 Å². The second-order valence-electron chi connectivity index (χ2n) is 4.55. The number of anilines is 1. The molecule has 18 heavy (non-hydrogen) atoms. The van der Waals surface area contributed by atoms with Crippen LogP contribution in [-0.2, 0) is 13.6 Å². The highest BCUT2D eigenvalue weighted by molar-refractivity contribution is 5.70. The molecular weight excluding hydrogens is 226 g/mol. The monoisotopic (exact) mass is 243 g/mol. The Morgan fingerprint density at radius 3 is 2.72 bits per heavy atom. The van der Waals surface area contributed by atoms with Crippen LogP contribution in [0.1, 0.15) is 25.6 Å². The zero-order chi connectivity index (χ0) is 13.3. The van der Waals surface area contributed by atoms with E-state index in [2.05, 4.69) is 29.9 Å². The first-order valence-electron chi connectivity index (χ1n) is 5.83. The van der Waals surface area contributed by atoms with Gasteiger partial charge < -0.3 is 10.3 Å². The van der Waals surface area contributed by atoms with Crippen molar-refractivity contribution in [3.8, 4) is 23.6 Å². The van der Waals surface area contributed by atoms with Crippen LogP contribution in [0, 0.1) is 12.3 Å². The van der Waals surface area contributed by atoms with Gasteiger partial charge in [-0.2, -0.15) is 5.10 Å². The van der Waals surface area contributed by atoms with Gasteiger partial charge in [-0.3, -0.25) is 4.68 Å². The summed E-state index contributed by atoms with van der Waals surface area (Å²) in [5.41, 5.74) is 7.80. The lowest BCUT2D eigenvalue weighted by atomic mass is 10.2. The molecule has 0 saturated heterocycles. The van der Waals surface area contributed by atoms with Crippen LogP contribution < -0.4 is 5.73 Å². The van der Waals surface area contributed by atoms with Gasteiger partial charge in [0.05, 0.1) is 12.7 Å². The molecule has 2 aromatic rings. The highest BCUT2D eigenvalue weighted by Gasteiger charge is 2.18. The van der Waals surface area contributed by atoms with Gasteiger partial charge in [0.1, 0.15) is 17.3 Å². The van der Waals surface area contributed by atoms with Crippen LogP contribution in [0.3, 0.4) is 0 Å². The molecule has 0 aliphatic heterocycles. The summed E-state index contributed by atoms with van der Waals surface area (Å²) in [5.74, 6) is 4.39. The number of nitrogens with zero attached hydrogens (tertiary/aromatic N) is 4. The number of aryl methyl sites for hydroxylation is 1. The Kier molecular flexibility index (Phi) is 3.11. The number of hydrogen-bond acceptors (Lipinski definition) is 3. The van der Waals surface area contributed by atoms with Crippen LogP contribution in [0.25, 0.3) is 11.3 Å². The summed E-state index contributed by atoms with van der Waals surface area (Å²) in [6.07, 6.45) is 9.02. The van der Waals surface area contributed by atoms with E-state index in [1.54, 1.807) is 10.9 Å². The summed E-state index contributed by atoms with van der Waals surface area (Å²) >= 11 is 0. The first-order valence-corrected chi connectivity index (χ1v) is 5.83. The number of terminal acetylenes is 1. The molecule has 5 nitrogen and oxygen atoms in total. The average molecular weight is 243 g/mol. The van der Waals surface area contributed by atoms with Gasteiger partial charge in [0.25, 0.3) is 0 Å². The zero-order valence-electron chi connectivity index (χ0n) is 10.9. The van der Waals surface area contributed by atoms with Crippen molar-refractivity contribution in [2.75, 3.05) is 5.73 Å². The Morgan fingerprint density at radius 2 is 2.22 bits per heavy atom. The standard InChI is InChI=1S/C13H17N5/c1-5-6-18-12(14)11(16-13(18)9(2)3)10-7-15-17(4)8-10/h1,7-9H,6,14H2,2-4H3. The molecule has 0 fully saturated rings. The van der Waals surface area contributed by atoms with E-state index in [-0.39, 0.29) is 5.92 Å². The third-order valence-corrected chi connectivity index (χ3v) is 2.78. The summed E-state index contributed by atoms with van der Waals surface area (Å²) in [4.78, 5) is 4.60. The lowest BCUT2D eigenvalue weighted by Gasteiger charge is -2.07. The number of aromatic nitrogens is 4. The molecule has 0 bridgehead atoms. The average Bonchev–Trinajstić information content (AvgIpc) is 2.85. The summed E-state index contributed by atoms with van der Waals surface area (Å²) < 4.78 is 3.61. The second-order valence-corrected chi connectivity index (χ2v) is 4.55.